The van der Waals surface area contributed by atoms with Gasteiger partial charge in [0.05, 0.1) is 11.4 Å². The van der Waals surface area contributed by atoms with Crippen molar-refractivity contribution in [3.05, 3.63) is 65.8 Å². The third kappa shape index (κ3) is 5.45. The Kier molecular flexibility index (Phi) is 6.84. The Balaban J connectivity index is 1.51. The minimum Gasteiger partial charge on any atom is -0.359 e. The topological polar surface area (TPSA) is 80.3 Å². The Morgan fingerprint density at radius 3 is 2.68 bits per heavy atom. The van der Waals surface area contributed by atoms with Gasteiger partial charge in [-0.1, -0.05) is 31.1 Å². The summed E-state index contributed by atoms with van der Waals surface area (Å²) in [6.07, 6.45) is 4.62. The van der Waals surface area contributed by atoms with Crippen molar-refractivity contribution >= 4 is 5.96 Å². The first-order valence-electron chi connectivity index (χ1n) is 9.72. The normalized spacial score (nSPS) is 11.8. The summed E-state index contributed by atoms with van der Waals surface area (Å²) in [5, 5.41) is 15.0. The SMILES string of the molecule is CCNC(=NCc1cc(C(C)C)no1)NCCc1ccc(-n2cccn2)cc1. The van der Waals surface area contributed by atoms with Crippen molar-refractivity contribution in [1.29, 1.82) is 0 Å². The van der Waals surface area contributed by atoms with E-state index in [0.29, 0.717) is 12.5 Å². The average molecular weight is 380 g/mol. The van der Waals surface area contributed by atoms with Crippen molar-refractivity contribution in [2.45, 2.75) is 39.7 Å². The van der Waals surface area contributed by atoms with Gasteiger partial charge in [-0.2, -0.15) is 5.10 Å². The first-order chi connectivity index (χ1) is 13.7. The van der Waals surface area contributed by atoms with Crippen molar-refractivity contribution in [3.8, 4) is 5.69 Å². The highest BCUT2D eigenvalue weighted by Crippen LogP contribution is 2.14. The van der Waals surface area contributed by atoms with Crippen LogP contribution in [0.1, 0.15) is 43.7 Å². The van der Waals surface area contributed by atoms with E-state index in [0.717, 1.165) is 42.6 Å². The lowest BCUT2D eigenvalue weighted by molar-refractivity contribution is 0.376. The van der Waals surface area contributed by atoms with E-state index in [4.69, 9.17) is 4.52 Å². The molecule has 3 aromatic rings. The van der Waals surface area contributed by atoms with Gasteiger partial charge in [0.25, 0.3) is 0 Å². The molecule has 0 fully saturated rings. The summed E-state index contributed by atoms with van der Waals surface area (Å²) in [4.78, 5) is 4.58. The largest absolute Gasteiger partial charge is 0.359 e. The molecule has 2 aromatic heterocycles. The highest BCUT2D eigenvalue weighted by atomic mass is 16.5. The fourth-order valence-electron chi connectivity index (χ4n) is 2.74. The van der Waals surface area contributed by atoms with E-state index in [9.17, 15) is 0 Å². The zero-order chi connectivity index (χ0) is 19.8. The van der Waals surface area contributed by atoms with Gasteiger partial charge >= 0.3 is 0 Å². The van der Waals surface area contributed by atoms with Gasteiger partial charge < -0.3 is 15.2 Å². The fraction of sp³-hybridized carbons (Fsp3) is 0.381. The number of nitrogens with one attached hydrogen (secondary N) is 2. The molecular formula is C21H28N6O. The molecule has 148 valence electrons. The molecule has 0 saturated heterocycles. The van der Waals surface area contributed by atoms with Crippen LogP contribution < -0.4 is 10.6 Å². The van der Waals surface area contributed by atoms with Gasteiger partial charge in [0.1, 0.15) is 6.54 Å². The molecule has 0 bridgehead atoms. The molecule has 1 aromatic carbocycles. The van der Waals surface area contributed by atoms with E-state index < -0.39 is 0 Å². The molecule has 0 saturated carbocycles. The quantitative estimate of drug-likeness (QED) is 0.463. The molecule has 0 amide bonds. The van der Waals surface area contributed by atoms with Gasteiger partial charge in [-0.15, -0.1) is 0 Å². The number of aromatic nitrogens is 3. The summed E-state index contributed by atoms with van der Waals surface area (Å²) in [5.41, 5.74) is 3.28. The lowest BCUT2D eigenvalue weighted by Crippen LogP contribution is -2.38. The Labute approximate surface area is 165 Å². The fourth-order valence-corrected chi connectivity index (χ4v) is 2.74. The monoisotopic (exact) mass is 380 g/mol. The first kappa shape index (κ1) is 19.7. The third-order valence-electron chi connectivity index (χ3n) is 4.32. The molecule has 0 aliphatic rings. The number of aliphatic imine (C=N–C) groups is 1. The summed E-state index contributed by atoms with van der Waals surface area (Å²) in [6, 6.07) is 12.3. The molecule has 0 atom stereocenters. The second-order valence-electron chi connectivity index (χ2n) is 6.86. The summed E-state index contributed by atoms with van der Waals surface area (Å²) < 4.78 is 7.20. The maximum atomic E-state index is 5.35. The van der Waals surface area contributed by atoms with Crippen LogP contribution in [0.3, 0.4) is 0 Å². The minimum absolute atomic E-state index is 0.354. The summed E-state index contributed by atoms with van der Waals surface area (Å²) in [6.45, 7) is 8.30. The van der Waals surface area contributed by atoms with Crippen LogP contribution in [0.5, 0.6) is 0 Å². The number of rotatable bonds is 8. The smallest absolute Gasteiger partial charge is 0.191 e. The van der Waals surface area contributed by atoms with Crippen LogP contribution in [0.25, 0.3) is 5.69 Å². The first-order valence-corrected chi connectivity index (χ1v) is 9.72. The second-order valence-corrected chi connectivity index (χ2v) is 6.86. The van der Waals surface area contributed by atoms with Crippen molar-refractivity contribution in [2.75, 3.05) is 13.1 Å². The Bertz CT molecular complexity index is 865. The molecule has 7 heteroatoms. The zero-order valence-corrected chi connectivity index (χ0v) is 16.7. The van der Waals surface area contributed by atoms with Gasteiger partial charge in [-0.25, -0.2) is 9.67 Å². The highest BCUT2D eigenvalue weighted by molar-refractivity contribution is 5.79. The van der Waals surface area contributed by atoms with Crippen LogP contribution in [0.15, 0.2) is 58.3 Å². The Morgan fingerprint density at radius 2 is 2.04 bits per heavy atom. The van der Waals surface area contributed by atoms with Gasteiger partial charge in [0.15, 0.2) is 11.7 Å². The van der Waals surface area contributed by atoms with E-state index in [1.165, 1.54) is 5.56 Å². The Morgan fingerprint density at radius 1 is 1.21 bits per heavy atom. The second kappa shape index (κ2) is 9.73. The molecule has 0 aliphatic carbocycles. The van der Waals surface area contributed by atoms with Crippen molar-refractivity contribution in [2.24, 2.45) is 4.99 Å². The predicted octanol–water partition coefficient (Wildman–Crippen LogP) is 3.28. The predicted molar refractivity (Wildman–Crippen MR) is 111 cm³/mol. The summed E-state index contributed by atoms with van der Waals surface area (Å²) in [5.74, 6) is 1.90. The van der Waals surface area contributed by atoms with Crippen molar-refractivity contribution in [3.63, 3.8) is 0 Å². The standard InChI is InChI=1S/C21H28N6O/c1-4-22-21(24-15-19-14-20(16(2)3)26-28-19)23-12-10-17-6-8-18(9-7-17)27-13-5-11-25-27/h5-9,11,13-14,16H,4,10,12,15H2,1-3H3,(H2,22,23,24). The van der Waals surface area contributed by atoms with E-state index >= 15 is 0 Å². The number of hydrogen-bond donors (Lipinski definition) is 2. The molecule has 0 spiro atoms. The highest BCUT2D eigenvalue weighted by Gasteiger charge is 2.07. The van der Waals surface area contributed by atoms with Crippen molar-refractivity contribution in [1.82, 2.24) is 25.6 Å². The lowest BCUT2D eigenvalue weighted by Gasteiger charge is -2.11. The summed E-state index contributed by atoms with van der Waals surface area (Å²) in [7, 11) is 0. The molecule has 28 heavy (non-hydrogen) atoms. The third-order valence-corrected chi connectivity index (χ3v) is 4.32. The van der Waals surface area contributed by atoms with E-state index in [1.807, 2.05) is 23.0 Å². The number of nitrogens with zero attached hydrogens (tertiary/aromatic N) is 4. The maximum Gasteiger partial charge on any atom is 0.191 e. The molecule has 2 N–H and O–H groups in total. The van der Waals surface area contributed by atoms with Crippen LogP contribution in [0.2, 0.25) is 0 Å². The van der Waals surface area contributed by atoms with E-state index in [2.05, 4.69) is 70.9 Å². The van der Waals surface area contributed by atoms with Crippen molar-refractivity contribution < 1.29 is 4.52 Å². The molecular weight excluding hydrogens is 352 g/mol. The van der Waals surface area contributed by atoms with Gasteiger partial charge in [-0.3, -0.25) is 0 Å². The molecule has 2 heterocycles. The maximum absolute atomic E-state index is 5.35. The average Bonchev–Trinajstić information content (AvgIpc) is 3.39. The zero-order valence-electron chi connectivity index (χ0n) is 16.7. The van der Waals surface area contributed by atoms with Crippen LogP contribution >= 0.6 is 0 Å². The lowest BCUT2D eigenvalue weighted by atomic mass is 10.1. The number of guanidine groups is 1. The number of hydrogen-bond acceptors (Lipinski definition) is 4. The van der Waals surface area contributed by atoms with E-state index in [-0.39, 0.29) is 0 Å². The van der Waals surface area contributed by atoms with Crippen LogP contribution in [0.4, 0.5) is 0 Å². The number of benzene rings is 1. The van der Waals surface area contributed by atoms with Gasteiger partial charge in [0.2, 0.25) is 0 Å². The molecule has 3 rings (SSSR count). The van der Waals surface area contributed by atoms with Crippen LogP contribution in [-0.4, -0.2) is 34.0 Å². The van der Waals surface area contributed by atoms with Crippen LogP contribution in [0, 0.1) is 0 Å². The molecule has 0 unspecified atom stereocenters. The van der Waals surface area contributed by atoms with E-state index in [1.54, 1.807) is 6.20 Å². The Hall–Kier alpha value is -3.09. The molecule has 0 radical (unpaired) electrons. The van der Waals surface area contributed by atoms with Gasteiger partial charge in [0, 0.05) is 31.5 Å². The molecule has 0 aliphatic heterocycles. The summed E-state index contributed by atoms with van der Waals surface area (Å²) >= 11 is 0. The molecule has 7 nitrogen and oxygen atoms in total. The van der Waals surface area contributed by atoms with Crippen LogP contribution in [-0.2, 0) is 13.0 Å². The van der Waals surface area contributed by atoms with Gasteiger partial charge in [-0.05, 0) is 43.0 Å². The minimum atomic E-state index is 0.354.